The number of nitrogens with two attached hydrogens (primary N) is 1. The van der Waals surface area contributed by atoms with E-state index in [2.05, 4.69) is 14.9 Å². The van der Waals surface area contributed by atoms with Gasteiger partial charge in [-0.05, 0) is 5.56 Å². The highest BCUT2D eigenvalue weighted by molar-refractivity contribution is 8.13. The molecule has 0 heterocycles. The quantitative estimate of drug-likeness (QED) is 0.507. The molecule has 2 aromatic carbocycles. The van der Waals surface area contributed by atoms with Gasteiger partial charge in [-0.2, -0.15) is 5.10 Å². The number of benzene rings is 2. The third kappa shape index (κ3) is 4.51. The van der Waals surface area contributed by atoms with Gasteiger partial charge in [0.1, 0.15) is 5.82 Å². The molecule has 0 saturated carbocycles. The maximum absolute atomic E-state index is 13.9. The number of hydrogen-bond acceptors (Lipinski definition) is 4. The lowest BCUT2D eigenvalue weighted by atomic mass is 10.2. The van der Waals surface area contributed by atoms with Crippen molar-refractivity contribution in [2.24, 2.45) is 15.9 Å². The second kappa shape index (κ2) is 8.39. The van der Waals surface area contributed by atoms with Crippen molar-refractivity contribution in [3.63, 3.8) is 0 Å². The summed E-state index contributed by atoms with van der Waals surface area (Å²) >= 11 is 1.22. The highest BCUT2D eigenvalue weighted by Crippen LogP contribution is 2.25. The fourth-order valence-corrected chi connectivity index (χ4v) is 2.41. The van der Waals surface area contributed by atoms with Crippen LogP contribution in [0.15, 0.2) is 46.6 Å². The van der Waals surface area contributed by atoms with E-state index in [9.17, 15) is 13.2 Å². The number of methoxy groups -OCH3 is 1. The molecule has 0 aliphatic rings. The van der Waals surface area contributed by atoms with Crippen molar-refractivity contribution >= 4 is 23.1 Å². The second-order valence-electron chi connectivity index (χ2n) is 4.56. The minimum absolute atomic E-state index is 0.130. The number of nitrogens with zero attached hydrogens (tertiary/aromatic N) is 2. The molecule has 0 spiro atoms. The number of amidine groups is 1. The first kappa shape index (κ1) is 17.9. The first-order valence-electron chi connectivity index (χ1n) is 6.77. The van der Waals surface area contributed by atoms with E-state index in [4.69, 9.17) is 5.73 Å². The van der Waals surface area contributed by atoms with Crippen LogP contribution >= 0.6 is 11.8 Å². The van der Waals surface area contributed by atoms with Gasteiger partial charge in [-0.15, -0.1) is 5.10 Å². The van der Waals surface area contributed by atoms with Crippen LogP contribution in [0.5, 0.6) is 5.75 Å². The van der Waals surface area contributed by atoms with Crippen LogP contribution in [-0.2, 0) is 5.75 Å². The molecule has 0 radical (unpaired) electrons. The third-order valence-corrected chi connectivity index (χ3v) is 3.80. The monoisotopic (exact) mass is 353 g/mol. The zero-order valence-electron chi connectivity index (χ0n) is 12.7. The highest BCUT2D eigenvalue weighted by atomic mass is 32.2. The van der Waals surface area contributed by atoms with Gasteiger partial charge in [0.05, 0.1) is 18.9 Å². The van der Waals surface area contributed by atoms with E-state index in [0.717, 1.165) is 18.9 Å². The van der Waals surface area contributed by atoms with E-state index in [1.807, 2.05) is 30.3 Å². The maximum Gasteiger partial charge on any atom is 0.191 e. The Morgan fingerprint density at radius 2 is 1.92 bits per heavy atom. The van der Waals surface area contributed by atoms with Crippen molar-refractivity contribution in [3.8, 4) is 5.75 Å². The van der Waals surface area contributed by atoms with Crippen LogP contribution in [0.4, 0.5) is 13.2 Å². The van der Waals surface area contributed by atoms with Gasteiger partial charge in [-0.25, -0.2) is 13.2 Å². The van der Waals surface area contributed by atoms with Gasteiger partial charge in [0.25, 0.3) is 0 Å². The molecular formula is C16H14F3N3OS. The number of rotatable bonds is 5. The van der Waals surface area contributed by atoms with Crippen molar-refractivity contribution in [1.82, 2.24) is 0 Å². The lowest BCUT2D eigenvalue weighted by molar-refractivity contribution is 0.355. The summed E-state index contributed by atoms with van der Waals surface area (Å²) in [5.41, 5.74) is 6.16. The van der Waals surface area contributed by atoms with E-state index < -0.39 is 28.8 Å². The lowest BCUT2D eigenvalue weighted by Crippen LogP contribution is -2.06. The van der Waals surface area contributed by atoms with Crippen LogP contribution in [0.1, 0.15) is 11.1 Å². The van der Waals surface area contributed by atoms with E-state index in [-0.39, 0.29) is 5.17 Å². The van der Waals surface area contributed by atoms with Crippen LogP contribution in [0, 0.1) is 17.5 Å². The molecule has 24 heavy (non-hydrogen) atoms. The van der Waals surface area contributed by atoms with Crippen molar-refractivity contribution in [3.05, 3.63) is 65.0 Å². The zero-order valence-corrected chi connectivity index (χ0v) is 13.5. The number of ether oxygens (including phenoxy) is 1. The Morgan fingerprint density at radius 3 is 2.58 bits per heavy atom. The average molecular weight is 353 g/mol. The summed E-state index contributed by atoms with van der Waals surface area (Å²) < 4.78 is 45.4. The van der Waals surface area contributed by atoms with Crippen LogP contribution < -0.4 is 10.5 Å². The molecule has 0 fully saturated rings. The van der Waals surface area contributed by atoms with Crippen LogP contribution in [0.2, 0.25) is 0 Å². The van der Waals surface area contributed by atoms with Crippen LogP contribution in [0.25, 0.3) is 0 Å². The van der Waals surface area contributed by atoms with Crippen molar-refractivity contribution in [1.29, 1.82) is 0 Å². The summed E-state index contributed by atoms with van der Waals surface area (Å²) in [7, 11) is 1.08. The summed E-state index contributed by atoms with van der Waals surface area (Å²) in [6.45, 7) is 0. The standard InChI is InChI=1S/C16H14F3N3OS/c1-23-15-13(18)7-12(17)11(14(15)19)8-21-22-16(20)24-9-10-5-3-2-4-6-10/h2-8H,9H2,1H3,(H2,20,22). The molecule has 0 aliphatic carbocycles. The van der Waals surface area contributed by atoms with Gasteiger partial charge in [0, 0.05) is 11.8 Å². The van der Waals surface area contributed by atoms with Gasteiger partial charge in [-0.3, -0.25) is 0 Å². The average Bonchev–Trinajstić information content (AvgIpc) is 2.57. The fraction of sp³-hybridized carbons (Fsp3) is 0.125. The normalized spacial score (nSPS) is 11.9. The van der Waals surface area contributed by atoms with E-state index in [1.165, 1.54) is 11.8 Å². The predicted octanol–water partition coefficient (Wildman–Crippen LogP) is 3.69. The van der Waals surface area contributed by atoms with Gasteiger partial charge in [0.15, 0.2) is 22.6 Å². The Balaban J connectivity index is 2.08. The Labute approximate surface area is 141 Å². The fourth-order valence-electron chi connectivity index (χ4n) is 1.80. The minimum atomic E-state index is -1.19. The van der Waals surface area contributed by atoms with Crippen molar-refractivity contribution in [2.45, 2.75) is 5.75 Å². The largest absolute Gasteiger partial charge is 0.491 e. The number of halogens is 3. The Kier molecular flexibility index (Phi) is 6.25. The third-order valence-electron chi connectivity index (χ3n) is 2.94. The molecule has 2 rings (SSSR count). The Bertz CT molecular complexity index is 767. The molecule has 8 heteroatoms. The van der Waals surface area contributed by atoms with Gasteiger partial charge < -0.3 is 10.5 Å². The maximum atomic E-state index is 13.9. The lowest BCUT2D eigenvalue weighted by Gasteiger charge is -2.06. The molecule has 4 nitrogen and oxygen atoms in total. The first-order valence-corrected chi connectivity index (χ1v) is 7.76. The first-order chi connectivity index (χ1) is 11.5. The molecule has 2 aromatic rings. The molecule has 0 aromatic heterocycles. The molecule has 0 atom stereocenters. The predicted molar refractivity (Wildman–Crippen MR) is 89.8 cm³/mol. The number of thioether (sulfide) groups is 1. The molecule has 0 bridgehead atoms. The van der Waals surface area contributed by atoms with E-state index >= 15 is 0 Å². The van der Waals surface area contributed by atoms with Gasteiger partial charge in [-0.1, -0.05) is 42.1 Å². The van der Waals surface area contributed by atoms with E-state index in [0.29, 0.717) is 11.8 Å². The molecular weight excluding hydrogens is 339 g/mol. The minimum Gasteiger partial charge on any atom is -0.491 e. The topological polar surface area (TPSA) is 60.0 Å². The second-order valence-corrected chi connectivity index (χ2v) is 5.55. The highest BCUT2D eigenvalue weighted by Gasteiger charge is 2.18. The summed E-state index contributed by atoms with van der Waals surface area (Å²) in [6, 6.07) is 10.1. The van der Waals surface area contributed by atoms with Crippen molar-refractivity contribution < 1.29 is 17.9 Å². The smallest absolute Gasteiger partial charge is 0.191 e. The summed E-state index contributed by atoms with van der Waals surface area (Å²) in [5, 5.41) is 7.32. The van der Waals surface area contributed by atoms with Crippen LogP contribution in [0.3, 0.4) is 0 Å². The number of hydrogen-bond donors (Lipinski definition) is 1. The molecule has 0 amide bonds. The van der Waals surface area contributed by atoms with Crippen LogP contribution in [-0.4, -0.2) is 18.5 Å². The molecule has 0 aliphatic heterocycles. The molecule has 126 valence electrons. The van der Waals surface area contributed by atoms with Gasteiger partial charge >= 0.3 is 0 Å². The zero-order chi connectivity index (χ0) is 17.5. The molecule has 0 unspecified atom stereocenters. The summed E-state index contributed by atoms with van der Waals surface area (Å²) in [5.74, 6) is -3.54. The van der Waals surface area contributed by atoms with Crippen molar-refractivity contribution in [2.75, 3.05) is 7.11 Å². The van der Waals surface area contributed by atoms with Gasteiger partial charge in [0.2, 0.25) is 0 Å². The Morgan fingerprint density at radius 1 is 1.21 bits per heavy atom. The Hall–Kier alpha value is -2.48. The SMILES string of the molecule is COc1c(F)cc(F)c(C=NN=C(N)SCc2ccccc2)c1F. The molecule has 0 saturated heterocycles. The summed E-state index contributed by atoms with van der Waals surface area (Å²) in [6.07, 6.45) is 0.822. The van der Waals surface area contributed by atoms with E-state index in [1.54, 1.807) is 0 Å². The molecule has 2 N–H and O–H groups in total. The summed E-state index contributed by atoms with van der Waals surface area (Å²) in [4.78, 5) is 0.